The summed E-state index contributed by atoms with van der Waals surface area (Å²) in [6.07, 6.45) is 23.7. The Morgan fingerprint density at radius 1 is 0.808 bits per heavy atom. The van der Waals surface area contributed by atoms with E-state index in [1.807, 2.05) is 12.5 Å². The summed E-state index contributed by atoms with van der Waals surface area (Å²) in [5, 5.41) is 0. The van der Waals surface area contributed by atoms with E-state index in [1.165, 1.54) is 82.6 Å². The van der Waals surface area contributed by atoms with Crippen LogP contribution in [0.4, 0.5) is 0 Å². The molecule has 2 nitrogen and oxygen atoms in total. The van der Waals surface area contributed by atoms with E-state index >= 15 is 0 Å². The highest BCUT2D eigenvalue weighted by Gasteiger charge is 2.10. The van der Waals surface area contributed by atoms with Gasteiger partial charge in [-0.2, -0.15) is 0 Å². The fourth-order valence-electron chi connectivity index (χ4n) is 3.77. The molecule has 0 saturated heterocycles. The van der Waals surface area contributed by atoms with Gasteiger partial charge in [-0.1, -0.05) is 101 Å². The van der Waals surface area contributed by atoms with Crippen molar-refractivity contribution in [3.8, 4) is 0 Å². The molecule has 1 heterocycles. The molecule has 0 radical (unpaired) electrons. The van der Waals surface area contributed by atoms with E-state index in [0.717, 1.165) is 6.42 Å². The van der Waals surface area contributed by atoms with Crippen molar-refractivity contribution in [2.24, 2.45) is 0 Å². The second kappa shape index (κ2) is 13.6. The molecular weight excluding hydrogens is 316 g/mol. The van der Waals surface area contributed by atoms with Gasteiger partial charge < -0.3 is 4.57 Å². The van der Waals surface area contributed by atoms with Crippen LogP contribution in [0.15, 0.2) is 49.1 Å². The highest BCUT2D eigenvalue weighted by molar-refractivity contribution is 5.14. The predicted octanol–water partition coefficient (Wildman–Crippen LogP) is 7.37. The number of unbranched alkanes of at least 4 members (excludes halogenated alkanes) is 9. The van der Waals surface area contributed by atoms with Crippen LogP contribution >= 0.6 is 0 Å². The molecule has 2 heteroatoms. The van der Waals surface area contributed by atoms with Gasteiger partial charge in [0.1, 0.15) is 0 Å². The lowest BCUT2D eigenvalue weighted by Crippen LogP contribution is -2.08. The van der Waals surface area contributed by atoms with Crippen molar-refractivity contribution < 1.29 is 0 Å². The van der Waals surface area contributed by atoms with Gasteiger partial charge >= 0.3 is 0 Å². The summed E-state index contributed by atoms with van der Waals surface area (Å²) in [4.78, 5) is 4.26. The second-order valence-electron chi connectivity index (χ2n) is 7.66. The maximum atomic E-state index is 4.26. The highest BCUT2D eigenvalue weighted by atomic mass is 15.0. The summed E-state index contributed by atoms with van der Waals surface area (Å²) in [5.41, 5.74) is 1.45. The van der Waals surface area contributed by atoms with Gasteiger partial charge in [-0.25, -0.2) is 4.98 Å². The van der Waals surface area contributed by atoms with Gasteiger partial charge in [0, 0.05) is 18.4 Å². The van der Waals surface area contributed by atoms with E-state index in [0.29, 0.717) is 6.04 Å². The molecule has 1 aromatic heterocycles. The zero-order valence-corrected chi connectivity index (χ0v) is 16.8. The predicted molar refractivity (Wildman–Crippen MR) is 112 cm³/mol. The van der Waals surface area contributed by atoms with E-state index in [4.69, 9.17) is 0 Å². The van der Waals surface area contributed by atoms with Crippen molar-refractivity contribution >= 4 is 0 Å². The van der Waals surface area contributed by atoms with Crippen LogP contribution in [0.2, 0.25) is 0 Å². The first-order chi connectivity index (χ1) is 12.9. The molecule has 0 aliphatic carbocycles. The van der Waals surface area contributed by atoms with Crippen LogP contribution in [0.3, 0.4) is 0 Å². The molecule has 0 spiro atoms. The zero-order valence-electron chi connectivity index (χ0n) is 16.8. The number of rotatable bonds is 15. The quantitative estimate of drug-likeness (QED) is 0.305. The van der Waals surface area contributed by atoms with Gasteiger partial charge in [0.15, 0.2) is 0 Å². The van der Waals surface area contributed by atoms with E-state index in [2.05, 4.69) is 53.0 Å². The summed E-state index contributed by atoms with van der Waals surface area (Å²) in [7, 11) is 0. The lowest BCUT2D eigenvalue weighted by Gasteiger charge is -2.18. The Hall–Kier alpha value is -1.57. The van der Waals surface area contributed by atoms with Crippen molar-refractivity contribution in [1.82, 2.24) is 9.55 Å². The third kappa shape index (κ3) is 8.69. The van der Waals surface area contributed by atoms with E-state index in [-0.39, 0.29) is 0 Å². The zero-order chi connectivity index (χ0) is 18.3. The molecule has 1 atom stereocenters. The normalized spacial score (nSPS) is 12.3. The summed E-state index contributed by atoms with van der Waals surface area (Å²) >= 11 is 0. The minimum Gasteiger partial charge on any atom is -0.334 e. The minimum absolute atomic E-state index is 0.590. The number of aromatic nitrogens is 2. The van der Waals surface area contributed by atoms with Crippen molar-refractivity contribution in [3.63, 3.8) is 0 Å². The van der Waals surface area contributed by atoms with Gasteiger partial charge in [-0.05, 0) is 24.8 Å². The molecular formula is C24H38N2. The Morgan fingerprint density at radius 2 is 1.46 bits per heavy atom. The van der Waals surface area contributed by atoms with Crippen molar-refractivity contribution in [2.75, 3.05) is 0 Å². The molecule has 0 N–H and O–H groups in total. The molecule has 0 saturated carbocycles. The number of hydrogen-bond donors (Lipinski definition) is 0. The largest absolute Gasteiger partial charge is 0.334 e. The van der Waals surface area contributed by atoms with Crippen LogP contribution in [0.5, 0.6) is 0 Å². The standard InChI is InChI=1S/C24H38N2/c1-2-3-4-5-6-7-8-9-10-14-17-24(26-21-20-25-22-26)19-18-23-15-12-11-13-16-23/h11-13,15-16,20-22,24H,2-10,14,17-19H2,1H3. The topological polar surface area (TPSA) is 17.8 Å². The molecule has 0 fully saturated rings. The molecule has 0 aliphatic rings. The number of hydrogen-bond acceptors (Lipinski definition) is 1. The SMILES string of the molecule is CCCCCCCCCCCCC(CCc1ccccc1)n1ccnc1. The van der Waals surface area contributed by atoms with Crippen molar-refractivity contribution in [2.45, 2.75) is 96.4 Å². The molecule has 1 unspecified atom stereocenters. The number of aryl methyl sites for hydroxylation is 1. The van der Waals surface area contributed by atoms with Gasteiger partial charge in [0.2, 0.25) is 0 Å². The Bertz CT molecular complexity index is 533. The monoisotopic (exact) mass is 354 g/mol. The van der Waals surface area contributed by atoms with Crippen LogP contribution < -0.4 is 0 Å². The van der Waals surface area contributed by atoms with Crippen LogP contribution in [-0.2, 0) is 6.42 Å². The summed E-state index contributed by atoms with van der Waals surface area (Å²) < 4.78 is 2.32. The van der Waals surface area contributed by atoms with Crippen LogP contribution in [0.25, 0.3) is 0 Å². The lowest BCUT2D eigenvalue weighted by atomic mass is 9.99. The first-order valence-corrected chi connectivity index (χ1v) is 10.9. The molecule has 2 aromatic rings. The third-order valence-electron chi connectivity index (χ3n) is 5.45. The van der Waals surface area contributed by atoms with Gasteiger partial charge in [-0.15, -0.1) is 0 Å². The molecule has 0 amide bonds. The molecule has 1 aromatic carbocycles. The maximum Gasteiger partial charge on any atom is 0.0948 e. The van der Waals surface area contributed by atoms with Gasteiger partial charge in [0.25, 0.3) is 0 Å². The summed E-state index contributed by atoms with van der Waals surface area (Å²) in [6.45, 7) is 2.29. The average Bonchev–Trinajstić information content (AvgIpc) is 3.21. The summed E-state index contributed by atoms with van der Waals surface area (Å²) in [5.74, 6) is 0. The Balaban J connectivity index is 1.60. The Kier molecular flexibility index (Phi) is 10.9. The van der Waals surface area contributed by atoms with Crippen LogP contribution in [0.1, 0.15) is 95.6 Å². The van der Waals surface area contributed by atoms with Gasteiger partial charge in [-0.3, -0.25) is 0 Å². The Morgan fingerprint density at radius 3 is 2.08 bits per heavy atom. The molecule has 26 heavy (non-hydrogen) atoms. The van der Waals surface area contributed by atoms with Crippen molar-refractivity contribution in [3.05, 3.63) is 54.6 Å². The van der Waals surface area contributed by atoms with Crippen molar-refractivity contribution in [1.29, 1.82) is 0 Å². The third-order valence-corrected chi connectivity index (χ3v) is 5.45. The number of nitrogens with zero attached hydrogens (tertiary/aromatic N) is 2. The lowest BCUT2D eigenvalue weighted by molar-refractivity contribution is 0.411. The first-order valence-electron chi connectivity index (χ1n) is 10.9. The highest BCUT2D eigenvalue weighted by Crippen LogP contribution is 2.22. The fourth-order valence-corrected chi connectivity index (χ4v) is 3.77. The number of imidazole rings is 1. The molecule has 2 rings (SSSR count). The molecule has 0 aliphatic heterocycles. The Labute approximate surface area is 161 Å². The van der Waals surface area contributed by atoms with Crippen LogP contribution in [0, 0.1) is 0 Å². The smallest absolute Gasteiger partial charge is 0.0948 e. The number of benzene rings is 1. The van der Waals surface area contributed by atoms with E-state index in [1.54, 1.807) is 0 Å². The molecule has 144 valence electrons. The van der Waals surface area contributed by atoms with E-state index < -0.39 is 0 Å². The van der Waals surface area contributed by atoms with Gasteiger partial charge in [0.05, 0.1) is 6.33 Å². The second-order valence-corrected chi connectivity index (χ2v) is 7.66. The fraction of sp³-hybridized carbons (Fsp3) is 0.625. The van der Waals surface area contributed by atoms with Crippen LogP contribution in [-0.4, -0.2) is 9.55 Å². The van der Waals surface area contributed by atoms with E-state index in [9.17, 15) is 0 Å². The summed E-state index contributed by atoms with van der Waals surface area (Å²) in [6, 6.07) is 11.5. The molecule has 0 bridgehead atoms. The maximum absolute atomic E-state index is 4.26. The average molecular weight is 355 g/mol. The minimum atomic E-state index is 0.590. The first kappa shape index (κ1) is 20.7.